The maximum absolute atomic E-state index is 10.9. The molecule has 1 heterocycles. The Hall–Kier alpha value is -1.87. The van der Waals surface area contributed by atoms with Gasteiger partial charge in [0.25, 0.3) is 0 Å². The lowest BCUT2D eigenvalue weighted by Gasteiger charge is -2.34. The summed E-state index contributed by atoms with van der Waals surface area (Å²) in [6.45, 7) is 0. The van der Waals surface area contributed by atoms with Crippen molar-refractivity contribution in [2.45, 2.75) is 31.3 Å². The van der Waals surface area contributed by atoms with Crippen LogP contribution in [0, 0.1) is 0 Å². The van der Waals surface area contributed by atoms with Crippen LogP contribution in [0.1, 0.15) is 23.1 Å². The molecule has 1 aromatic heterocycles. The largest absolute Gasteiger partial charge is 0.497 e. The average Bonchev–Trinajstić information content (AvgIpc) is 2.47. The van der Waals surface area contributed by atoms with Crippen molar-refractivity contribution < 1.29 is 9.84 Å². The topological polar surface area (TPSA) is 42.4 Å². The summed E-state index contributed by atoms with van der Waals surface area (Å²) in [6.07, 6.45) is 6.63. The predicted octanol–water partition coefficient (Wildman–Crippen LogP) is 2.55. The second-order valence-electron chi connectivity index (χ2n) is 5.57. The molecule has 0 bridgehead atoms. The predicted molar refractivity (Wildman–Crippen MR) is 77.9 cm³/mol. The first kappa shape index (κ1) is 13.1. The van der Waals surface area contributed by atoms with E-state index in [4.69, 9.17) is 4.74 Å². The lowest BCUT2D eigenvalue weighted by atomic mass is 9.77. The van der Waals surface area contributed by atoms with Gasteiger partial charge in [0.1, 0.15) is 5.75 Å². The summed E-state index contributed by atoms with van der Waals surface area (Å²) >= 11 is 0. The standard InChI is InChI=1S/C17H19NO2/c1-20-16-3-2-14-4-7-17(19,12-15(14)10-16)11-13-5-8-18-9-6-13/h2-3,5-6,8-10,19H,4,7,11-12H2,1H3. The van der Waals surface area contributed by atoms with Crippen molar-refractivity contribution in [1.29, 1.82) is 0 Å². The van der Waals surface area contributed by atoms with E-state index in [1.54, 1.807) is 19.5 Å². The molecule has 0 fully saturated rings. The van der Waals surface area contributed by atoms with Gasteiger partial charge >= 0.3 is 0 Å². The number of nitrogens with zero attached hydrogens (tertiary/aromatic N) is 1. The van der Waals surface area contributed by atoms with E-state index in [1.165, 1.54) is 11.1 Å². The number of aryl methyl sites for hydroxylation is 1. The minimum atomic E-state index is -0.666. The minimum Gasteiger partial charge on any atom is -0.497 e. The fourth-order valence-corrected chi connectivity index (χ4v) is 2.98. The first-order valence-corrected chi connectivity index (χ1v) is 6.96. The Morgan fingerprint density at radius 1 is 1.20 bits per heavy atom. The zero-order valence-corrected chi connectivity index (χ0v) is 11.7. The molecule has 1 unspecified atom stereocenters. The smallest absolute Gasteiger partial charge is 0.119 e. The van der Waals surface area contributed by atoms with E-state index in [1.807, 2.05) is 24.3 Å². The SMILES string of the molecule is COc1ccc2c(c1)CC(O)(Cc1ccncc1)CC2. The summed E-state index contributed by atoms with van der Waals surface area (Å²) < 4.78 is 5.28. The lowest BCUT2D eigenvalue weighted by molar-refractivity contribution is 0.0266. The molecular formula is C17H19NO2. The van der Waals surface area contributed by atoms with Crippen LogP contribution in [0.3, 0.4) is 0 Å². The average molecular weight is 269 g/mol. The Bertz CT molecular complexity index is 597. The molecule has 1 atom stereocenters. The van der Waals surface area contributed by atoms with Gasteiger partial charge in [0.05, 0.1) is 12.7 Å². The Morgan fingerprint density at radius 2 is 2.00 bits per heavy atom. The number of aromatic nitrogens is 1. The molecule has 0 saturated heterocycles. The molecule has 3 heteroatoms. The highest BCUT2D eigenvalue weighted by molar-refractivity contribution is 5.39. The maximum Gasteiger partial charge on any atom is 0.119 e. The first-order valence-electron chi connectivity index (χ1n) is 6.96. The van der Waals surface area contributed by atoms with Gasteiger partial charge in [-0.3, -0.25) is 4.98 Å². The number of rotatable bonds is 3. The van der Waals surface area contributed by atoms with Gasteiger partial charge < -0.3 is 9.84 Å². The van der Waals surface area contributed by atoms with Gasteiger partial charge in [0.2, 0.25) is 0 Å². The molecule has 1 aliphatic carbocycles. The molecule has 0 radical (unpaired) electrons. The molecular weight excluding hydrogens is 250 g/mol. The number of fused-ring (bicyclic) bond motifs is 1. The molecule has 3 rings (SSSR count). The van der Waals surface area contributed by atoms with Crippen molar-refractivity contribution in [1.82, 2.24) is 4.98 Å². The highest BCUT2D eigenvalue weighted by Crippen LogP contribution is 2.33. The highest BCUT2D eigenvalue weighted by Gasteiger charge is 2.32. The minimum absolute atomic E-state index is 0.666. The Kier molecular flexibility index (Phi) is 3.45. The van der Waals surface area contributed by atoms with Gasteiger partial charge in [0, 0.05) is 25.2 Å². The monoisotopic (exact) mass is 269 g/mol. The van der Waals surface area contributed by atoms with Crippen molar-refractivity contribution >= 4 is 0 Å². The van der Waals surface area contributed by atoms with Crippen LogP contribution < -0.4 is 4.74 Å². The number of aliphatic hydroxyl groups is 1. The van der Waals surface area contributed by atoms with E-state index in [0.29, 0.717) is 12.8 Å². The van der Waals surface area contributed by atoms with E-state index in [9.17, 15) is 5.11 Å². The van der Waals surface area contributed by atoms with Crippen molar-refractivity contribution in [3.63, 3.8) is 0 Å². The third kappa shape index (κ3) is 2.68. The number of methoxy groups -OCH3 is 1. The van der Waals surface area contributed by atoms with Crippen LogP contribution in [0.2, 0.25) is 0 Å². The zero-order valence-electron chi connectivity index (χ0n) is 11.7. The summed E-state index contributed by atoms with van der Waals surface area (Å²) in [7, 11) is 1.67. The van der Waals surface area contributed by atoms with Gasteiger partial charge in [-0.15, -0.1) is 0 Å². The van der Waals surface area contributed by atoms with Gasteiger partial charge in [-0.2, -0.15) is 0 Å². The van der Waals surface area contributed by atoms with Crippen LogP contribution in [0.4, 0.5) is 0 Å². The molecule has 0 spiro atoms. The summed E-state index contributed by atoms with van der Waals surface area (Å²) in [5.74, 6) is 0.858. The van der Waals surface area contributed by atoms with Crippen LogP contribution in [-0.4, -0.2) is 22.8 Å². The van der Waals surface area contributed by atoms with Gasteiger partial charge in [0.15, 0.2) is 0 Å². The Morgan fingerprint density at radius 3 is 2.75 bits per heavy atom. The quantitative estimate of drug-likeness (QED) is 0.931. The second-order valence-corrected chi connectivity index (χ2v) is 5.57. The van der Waals surface area contributed by atoms with Crippen molar-refractivity contribution in [3.05, 3.63) is 59.4 Å². The number of benzene rings is 1. The summed E-state index contributed by atoms with van der Waals surface area (Å²) in [4.78, 5) is 4.02. The second kappa shape index (κ2) is 5.25. The van der Waals surface area contributed by atoms with Crippen LogP contribution in [0.15, 0.2) is 42.7 Å². The van der Waals surface area contributed by atoms with Crippen molar-refractivity contribution in [2.75, 3.05) is 7.11 Å². The molecule has 3 nitrogen and oxygen atoms in total. The Labute approximate surface area is 119 Å². The van der Waals surface area contributed by atoms with E-state index < -0.39 is 5.60 Å². The van der Waals surface area contributed by atoms with E-state index in [-0.39, 0.29) is 0 Å². The number of hydrogen-bond acceptors (Lipinski definition) is 3. The normalized spacial score (nSPS) is 21.3. The van der Waals surface area contributed by atoms with E-state index in [2.05, 4.69) is 11.1 Å². The molecule has 20 heavy (non-hydrogen) atoms. The first-order chi connectivity index (χ1) is 9.68. The van der Waals surface area contributed by atoms with Crippen molar-refractivity contribution in [3.8, 4) is 5.75 Å². The molecule has 1 aliphatic rings. The van der Waals surface area contributed by atoms with Gasteiger partial charge in [-0.25, -0.2) is 0 Å². The van der Waals surface area contributed by atoms with Crippen LogP contribution >= 0.6 is 0 Å². The van der Waals surface area contributed by atoms with Gasteiger partial charge in [-0.1, -0.05) is 6.07 Å². The van der Waals surface area contributed by atoms with Crippen LogP contribution in [0.5, 0.6) is 5.75 Å². The Balaban J connectivity index is 1.83. The van der Waals surface area contributed by atoms with Crippen molar-refractivity contribution in [2.24, 2.45) is 0 Å². The third-order valence-electron chi connectivity index (χ3n) is 4.08. The highest BCUT2D eigenvalue weighted by atomic mass is 16.5. The molecule has 0 saturated carbocycles. The summed E-state index contributed by atoms with van der Waals surface area (Å²) in [5, 5.41) is 10.9. The zero-order chi connectivity index (χ0) is 14.0. The van der Waals surface area contributed by atoms with Crippen LogP contribution in [-0.2, 0) is 19.3 Å². The number of pyridine rings is 1. The van der Waals surface area contributed by atoms with E-state index >= 15 is 0 Å². The summed E-state index contributed by atoms with van der Waals surface area (Å²) in [6, 6.07) is 10.1. The molecule has 0 amide bonds. The fourth-order valence-electron chi connectivity index (χ4n) is 2.98. The molecule has 1 N–H and O–H groups in total. The fraction of sp³-hybridized carbons (Fsp3) is 0.353. The molecule has 0 aliphatic heterocycles. The molecule has 1 aromatic carbocycles. The third-order valence-corrected chi connectivity index (χ3v) is 4.08. The van der Waals surface area contributed by atoms with Gasteiger partial charge in [-0.05, 0) is 53.8 Å². The lowest BCUT2D eigenvalue weighted by Crippen LogP contribution is -2.38. The molecule has 2 aromatic rings. The van der Waals surface area contributed by atoms with Crippen LogP contribution in [0.25, 0.3) is 0 Å². The number of hydrogen-bond donors (Lipinski definition) is 1. The summed E-state index contributed by atoms with van der Waals surface area (Å²) in [5.41, 5.74) is 2.99. The van der Waals surface area contributed by atoms with E-state index in [0.717, 1.165) is 24.2 Å². The maximum atomic E-state index is 10.9. The number of ether oxygens (including phenoxy) is 1. The molecule has 104 valence electrons.